The van der Waals surface area contributed by atoms with Gasteiger partial charge in [0.1, 0.15) is 0 Å². The van der Waals surface area contributed by atoms with Crippen molar-refractivity contribution in [1.82, 2.24) is 14.8 Å². The Hall–Kier alpha value is -1.46. The standard InChI is InChI=1S/C15H23N3O2/c1-15(2,20)12-17-7-9-18(10-8-17)14(19)11-13-3-5-16-6-4-13/h3-6,20H,7-12H2,1-2H3. The molecule has 2 rings (SSSR count). The SMILES string of the molecule is CC(C)(O)CN1CCN(C(=O)Cc2ccncc2)CC1. The summed E-state index contributed by atoms with van der Waals surface area (Å²) < 4.78 is 0. The van der Waals surface area contributed by atoms with Gasteiger partial charge in [-0.1, -0.05) is 0 Å². The number of amides is 1. The molecular formula is C15H23N3O2. The summed E-state index contributed by atoms with van der Waals surface area (Å²) in [7, 11) is 0. The number of rotatable bonds is 4. The molecule has 0 bridgehead atoms. The lowest BCUT2D eigenvalue weighted by atomic mass is 10.1. The van der Waals surface area contributed by atoms with Gasteiger partial charge in [0, 0.05) is 45.1 Å². The van der Waals surface area contributed by atoms with E-state index < -0.39 is 5.60 Å². The van der Waals surface area contributed by atoms with Crippen LogP contribution >= 0.6 is 0 Å². The molecule has 0 atom stereocenters. The third kappa shape index (κ3) is 4.58. The van der Waals surface area contributed by atoms with Gasteiger partial charge in [0.2, 0.25) is 5.91 Å². The first-order chi connectivity index (χ1) is 9.44. The van der Waals surface area contributed by atoms with E-state index in [1.807, 2.05) is 30.9 Å². The number of carbonyl (C=O) groups is 1. The Kier molecular flexibility index (Phi) is 4.73. The predicted octanol–water partition coefficient (Wildman–Crippen LogP) is 0.539. The third-order valence-electron chi connectivity index (χ3n) is 3.44. The van der Waals surface area contributed by atoms with Crippen molar-refractivity contribution in [3.63, 3.8) is 0 Å². The van der Waals surface area contributed by atoms with Crippen LogP contribution < -0.4 is 0 Å². The van der Waals surface area contributed by atoms with Crippen LogP contribution in [0.25, 0.3) is 0 Å². The van der Waals surface area contributed by atoms with Crippen LogP contribution in [0.4, 0.5) is 0 Å². The highest BCUT2D eigenvalue weighted by atomic mass is 16.3. The second kappa shape index (κ2) is 6.33. The number of carbonyl (C=O) groups excluding carboxylic acids is 1. The highest BCUT2D eigenvalue weighted by Gasteiger charge is 2.24. The Bertz CT molecular complexity index is 434. The van der Waals surface area contributed by atoms with Crippen LogP contribution in [0.5, 0.6) is 0 Å². The molecule has 1 N–H and O–H groups in total. The monoisotopic (exact) mass is 277 g/mol. The van der Waals surface area contributed by atoms with E-state index in [1.165, 1.54) is 0 Å². The first kappa shape index (κ1) is 14.9. The molecule has 1 aromatic heterocycles. The summed E-state index contributed by atoms with van der Waals surface area (Å²) >= 11 is 0. The Morgan fingerprint density at radius 3 is 2.40 bits per heavy atom. The normalized spacial score (nSPS) is 17.2. The minimum Gasteiger partial charge on any atom is -0.389 e. The second-order valence-electron chi connectivity index (χ2n) is 6.00. The van der Waals surface area contributed by atoms with E-state index in [9.17, 15) is 9.90 Å². The topological polar surface area (TPSA) is 56.7 Å². The fraction of sp³-hybridized carbons (Fsp3) is 0.600. The lowest BCUT2D eigenvalue weighted by Crippen LogP contribution is -2.52. The molecule has 0 aromatic carbocycles. The van der Waals surface area contributed by atoms with Gasteiger partial charge in [-0.05, 0) is 31.5 Å². The fourth-order valence-electron chi connectivity index (χ4n) is 2.49. The van der Waals surface area contributed by atoms with E-state index in [0.717, 1.165) is 31.7 Å². The summed E-state index contributed by atoms with van der Waals surface area (Å²) in [6.45, 7) is 7.40. The largest absolute Gasteiger partial charge is 0.389 e. The number of hydrogen-bond donors (Lipinski definition) is 1. The van der Waals surface area contributed by atoms with Gasteiger partial charge in [-0.25, -0.2) is 0 Å². The maximum atomic E-state index is 12.2. The van der Waals surface area contributed by atoms with Crippen LogP contribution in [0, 0.1) is 0 Å². The quantitative estimate of drug-likeness (QED) is 0.873. The maximum Gasteiger partial charge on any atom is 0.227 e. The number of pyridine rings is 1. The summed E-state index contributed by atoms with van der Waals surface area (Å²) in [6.07, 6.45) is 3.86. The molecule has 1 aliphatic heterocycles. The van der Waals surface area contributed by atoms with Crippen LogP contribution in [-0.2, 0) is 11.2 Å². The van der Waals surface area contributed by atoms with E-state index in [-0.39, 0.29) is 5.91 Å². The van der Waals surface area contributed by atoms with Crippen molar-refractivity contribution >= 4 is 5.91 Å². The molecule has 1 saturated heterocycles. The van der Waals surface area contributed by atoms with Crippen molar-refractivity contribution in [1.29, 1.82) is 0 Å². The van der Waals surface area contributed by atoms with Crippen LogP contribution in [0.3, 0.4) is 0 Å². The van der Waals surface area contributed by atoms with Crippen molar-refractivity contribution in [2.24, 2.45) is 0 Å². The van der Waals surface area contributed by atoms with Crippen molar-refractivity contribution in [2.45, 2.75) is 25.9 Å². The fourth-order valence-corrected chi connectivity index (χ4v) is 2.49. The van der Waals surface area contributed by atoms with Gasteiger partial charge in [-0.2, -0.15) is 0 Å². The molecule has 2 heterocycles. The molecule has 0 spiro atoms. The highest BCUT2D eigenvalue weighted by molar-refractivity contribution is 5.78. The molecule has 0 unspecified atom stereocenters. The number of hydrogen-bond acceptors (Lipinski definition) is 4. The van der Waals surface area contributed by atoms with E-state index in [2.05, 4.69) is 9.88 Å². The first-order valence-electron chi connectivity index (χ1n) is 7.05. The summed E-state index contributed by atoms with van der Waals surface area (Å²) in [5, 5.41) is 9.81. The van der Waals surface area contributed by atoms with Crippen molar-refractivity contribution in [3.8, 4) is 0 Å². The van der Waals surface area contributed by atoms with Crippen molar-refractivity contribution < 1.29 is 9.90 Å². The third-order valence-corrected chi connectivity index (χ3v) is 3.44. The Morgan fingerprint density at radius 1 is 1.25 bits per heavy atom. The average Bonchev–Trinajstić information content (AvgIpc) is 2.39. The van der Waals surface area contributed by atoms with E-state index in [4.69, 9.17) is 0 Å². The predicted molar refractivity (Wildman–Crippen MR) is 77.3 cm³/mol. The van der Waals surface area contributed by atoms with E-state index >= 15 is 0 Å². The zero-order chi connectivity index (χ0) is 14.6. The molecule has 0 radical (unpaired) electrons. The van der Waals surface area contributed by atoms with Crippen LogP contribution in [-0.4, -0.2) is 64.1 Å². The van der Waals surface area contributed by atoms with Gasteiger partial charge in [0.05, 0.1) is 12.0 Å². The molecule has 5 heteroatoms. The molecule has 1 aromatic rings. The van der Waals surface area contributed by atoms with E-state index in [1.54, 1.807) is 12.4 Å². The zero-order valence-electron chi connectivity index (χ0n) is 12.2. The Balaban J connectivity index is 1.80. The molecule has 20 heavy (non-hydrogen) atoms. The molecule has 1 amide bonds. The summed E-state index contributed by atoms with van der Waals surface area (Å²) in [6, 6.07) is 3.75. The lowest BCUT2D eigenvalue weighted by Gasteiger charge is -2.37. The number of β-amino-alcohol motifs (C(OH)–C–C–N with tert-alkyl or cyclic N) is 1. The highest BCUT2D eigenvalue weighted by Crippen LogP contribution is 2.10. The average molecular weight is 277 g/mol. The summed E-state index contributed by atoms with van der Waals surface area (Å²) in [4.78, 5) is 20.3. The van der Waals surface area contributed by atoms with E-state index in [0.29, 0.717) is 13.0 Å². The lowest BCUT2D eigenvalue weighted by molar-refractivity contribution is -0.132. The number of aromatic nitrogens is 1. The number of piperazine rings is 1. The summed E-state index contributed by atoms with van der Waals surface area (Å²) in [5.74, 6) is 0.166. The Morgan fingerprint density at radius 2 is 1.85 bits per heavy atom. The van der Waals surface area contributed by atoms with Gasteiger partial charge < -0.3 is 10.0 Å². The van der Waals surface area contributed by atoms with Crippen LogP contribution in [0.1, 0.15) is 19.4 Å². The molecule has 5 nitrogen and oxygen atoms in total. The molecular weight excluding hydrogens is 254 g/mol. The smallest absolute Gasteiger partial charge is 0.227 e. The van der Waals surface area contributed by atoms with Gasteiger partial charge in [0.15, 0.2) is 0 Å². The molecule has 1 fully saturated rings. The van der Waals surface area contributed by atoms with Gasteiger partial charge in [-0.3, -0.25) is 14.7 Å². The van der Waals surface area contributed by atoms with Gasteiger partial charge >= 0.3 is 0 Å². The maximum absolute atomic E-state index is 12.2. The number of aliphatic hydroxyl groups is 1. The molecule has 0 saturated carbocycles. The molecule has 110 valence electrons. The Labute approximate surface area is 120 Å². The van der Waals surface area contributed by atoms with Gasteiger partial charge in [0.25, 0.3) is 0 Å². The molecule has 1 aliphatic rings. The molecule has 0 aliphatic carbocycles. The second-order valence-corrected chi connectivity index (χ2v) is 6.00. The summed E-state index contributed by atoms with van der Waals surface area (Å²) in [5.41, 5.74) is 0.326. The zero-order valence-corrected chi connectivity index (χ0v) is 12.2. The minimum absolute atomic E-state index is 0.166. The van der Waals surface area contributed by atoms with Crippen LogP contribution in [0.2, 0.25) is 0 Å². The number of nitrogens with zero attached hydrogens (tertiary/aromatic N) is 3. The van der Waals surface area contributed by atoms with Gasteiger partial charge in [-0.15, -0.1) is 0 Å². The van der Waals surface area contributed by atoms with Crippen LogP contribution in [0.15, 0.2) is 24.5 Å². The first-order valence-corrected chi connectivity index (χ1v) is 7.05. The minimum atomic E-state index is -0.677. The van der Waals surface area contributed by atoms with Crippen molar-refractivity contribution in [2.75, 3.05) is 32.7 Å². The van der Waals surface area contributed by atoms with Crippen molar-refractivity contribution in [3.05, 3.63) is 30.1 Å².